The van der Waals surface area contributed by atoms with Crippen LogP contribution in [0.5, 0.6) is 0 Å². The predicted molar refractivity (Wildman–Crippen MR) is 123 cm³/mol. The molecule has 0 aliphatic heterocycles. The highest BCUT2D eigenvalue weighted by atomic mass is 32.2. The summed E-state index contributed by atoms with van der Waals surface area (Å²) in [6.45, 7) is 2.24. The third-order valence-electron chi connectivity index (χ3n) is 5.23. The number of nitrogens with one attached hydrogen (secondary N) is 1. The van der Waals surface area contributed by atoms with Crippen molar-refractivity contribution in [2.75, 3.05) is 6.54 Å². The van der Waals surface area contributed by atoms with Crippen LogP contribution in [0, 0.1) is 6.92 Å². The minimum absolute atomic E-state index is 0.0601. The molecule has 9 heteroatoms. The van der Waals surface area contributed by atoms with E-state index in [0.29, 0.717) is 29.9 Å². The second kappa shape index (κ2) is 8.52. The van der Waals surface area contributed by atoms with Gasteiger partial charge < -0.3 is 5.32 Å². The molecule has 1 amide bonds. The van der Waals surface area contributed by atoms with E-state index in [1.54, 1.807) is 22.9 Å². The van der Waals surface area contributed by atoms with Crippen LogP contribution < -0.4 is 10.5 Å². The minimum atomic E-state index is -3.72. The monoisotopic (exact) mass is 449 g/mol. The lowest BCUT2D eigenvalue weighted by atomic mass is 10.0. The predicted octanol–water partition coefficient (Wildman–Crippen LogP) is 2.56. The van der Waals surface area contributed by atoms with Crippen LogP contribution in [-0.2, 0) is 23.5 Å². The standard InChI is InChI=1S/C23H23N5O3S/c1-15-21-19(14-20(17-6-4-3-5-7-17)26-22(21)28(2)27-15)23(29)25-13-12-16-8-10-18(11-9-16)32(24,30)31/h3-11,14H,12-13H2,1-2H3,(H,25,29)(H2,24,30,31). The molecule has 0 unspecified atom stereocenters. The average molecular weight is 450 g/mol. The SMILES string of the molecule is Cc1nn(C)c2nc(-c3ccccc3)cc(C(=O)NCCc3ccc(S(N)(=O)=O)cc3)c12. The van der Waals surface area contributed by atoms with E-state index >= 15 is 0 Å². The molecular weight excluding hydrogens is 426 g/mol. The summed E-state index contributed by atoms with van der Waals surface area (Å²) in [6, 6.07) is 17.8. The smallest absolute Gasteiger partial charge is 0.252 e. The highest BCUT2D eigenvalue weighted by Crippen LogP contribution is 2.26. The summed E-state index contributed by atoms with van der Waals surface area (Å²) < 4.78 is 24.4. The Labute approximate surface area is 186 Å². The Bertz CT molecular complexity index is 1400. The number of rotatable bonds is 6. The molecule has 2 aromatic carbocycles. The van der Waals surface area contributed by atoms with E-state index in [1.165, 1.54) is 12.1 Å². The van der Waals surface area contributed by atoms with Crippen molar-refractivity contribution >= 4 is 27.0 Å². The third kappa shape index (κ3) is 4.39. The molecule has 0 aliphatic rings. The number of hydrogen-bond acceptors (Lipinski definition) is 5. The van der Waals surface area contributed by atoms with Crippen LogP contribution in [0.25, 0.3) is 22.3 Å². The summed E-state index contributed by atoms with van der Waals surface area (Å²) >= 11 is 0. The molecule has 4 aromatic rings. The molecule has 2 aromatic heterocycles. The normalized spacial score (nSPS) is 11.6. The van der Waals surface area contributed by atoms with Crippen LogP contribution in [-0.4, -0.2) is 35.6 Å². The van der Waals surface area contributed by atoms with Crippen molar-refractivity contribution in [3.8, 4) is 11.3 Å². The fourth-order valence-electron chi connectivity index (χ4n) is 3.64. The van der Waals surface area contributed by atoms with Crippen molar-refractivity contribution in [1.29, 1.82) is 0 Å². The Morgan fingerprint density at radius 3 is 2.44 bits per heavy atom. The van der Waals surface area contributed by atoms with Gasteiger partial charge in [0, 0.05) is 19.2 Å². The van der Waals surface area contributed by atoms with Gasteiger partial charge in [0.1, 0.15) is 0 Å². The van der Waals surface area contributed by atoms with Crippen molar-refractivity contribution in [2.45, 2.75) is 18.2 Å². The molecule has 0 bridgehead atoms. The van der Waals surface area contributed by atoms with Crippen molar-refractivity contribution in [3.05, 3.63) is 77.5 Å². The molecular formula is C23H23N5O3S. The van der Waals surface area contributed by atoms with E-state index in [0.717, 1.165) is 22.2 Å². The zero-order chi connectivity index (χ0) is 22.9. The van der Waals surface area contributed by atoms with E-state index in [9.17, 15) is 13.2 Å². The highest BCUT2D eigenvalue weighted by molar-refractivity contribution is 7.89. The fraction of sp³-hybridized carbons (Fsp3) is 0.174. The quantitative estimate of drug-likeness (QED) is 0.469. The van der Waals surface area contributed by atoms with E-state index in [-0.39, 0.29) is 10.8 Å². The van der Waals surface area contributed by atoms with E-state index in [1.807, 2.05) is 44.3 Å². The number of amides is 1. The number of fused-ring (bicyclic) bond motifs is 1. The first kappa shape index (κ1) is 21.7. The number of aromatic nitrogens is 3. The van der Waals surface area contributed by atoms with Gasteiger partial charge in [-0.05, 0) is 37.1 Å². The number of pyridine rings is 1. The van der Waals surface area contributed by atoms with Crippen molar-refractivity contribution in [3.63, 3.8) is 0 Å². The molecule has 0 saturated heterocycles. The van der Waals surface area contributed by atoms with Crippen LogP contribution >= 0.6 is 0 Å². The van der Waals surface area contributed by atoms with E-state index in [2.05, 4.69) is 10.4 Å². The Morgan fingerprint density at radius 1 is 1.09 bits per heavy atom. The Kier molecular flexibility index (Phi) is 5.77. The first-order valence-electron chi connectivity index (χ1n) is 10.0. The van der Waals surface area contributed by atoms with E-state index < -0.39 is 10.0 Å². The summed E-state index contributed by atoms with van der Waals surface area (Å²) in [5.41, 5.74) is 4.40. The van der Waals surface area contributed by atoms with Gasteiger partial charge in [-0.25, -0.2) is 18.5 Å². The molecule has 164 valence electrons. The van der Waals surface area contributed by atoms with Crippen LogP contribution in [0.3, 0.4) is 0 Å². The van der Waals surface area contributed by atoms with Crippen molar-refractivity contribution in [2.24, 2.45) is 12.2 Å². The largest absolute Gasteiger partial charge is 0.352 e. The lowest BCUT2D eigenvalue weighted by molar-refractivity contribution is 0.0955. The van der Waals surface area contributed by atoms with Crippen LogP contribution in [0.1, 0.15) is 21.6 Å². The van der Waals surface area contributed by atoms with Gasteiger partial charge in [0.15, 0.2) is 5.65 Å². The summed E-state index contributed by atoms with van der Waals surface area (Å²) in [7, 11) is -1.91. The lowest BCUT2D eigenvalue weighted by Gasteiger charge is -2.10. The maximum absolute atomic E-state index is 13.1. The highest BCUT2D eigenvalue weighted by Gasteiger charge is 2.19. The molecule has 0 atom stereocenters. The minimum Gasteiger partial charge on any atom is -0.352 e. The summed E-state index contributed by atoms with van der Waals surface area (Å²) in [5, 5.41) is 13.2. The second-order valence-electron chi connectivity index (χ2n) is 7.52. The Balaban J connectivity index is 1.58. The number of aryl methyl sites for hydroxylation is 2. The first-order valence-corrected chi connectivity index (χ1v) is 11.6. The zero-order valence-corrected chi connectivity index (χ0v) is 18.6. The molecule has 0 saturated carbocycles. The number of sulfonamides is 1. The molecule has 4 rings (SSSR count). The van der Waals surface area contributed by atoms with Crippen LogP contribution in [0.15, 0.2) is 65.6 Å². The lowest BCUT2D eigenvalue weighted by Crippen LogP contribution is -2.26. The molecule has 0 spiro atoms. The van der Waals surface area contributed by atoms with Crippen LogP contribution in [0.2, 0.25) is 0 Å². The van der Waals surface area contributed by atoms with Gasteiger partial charge >= 0.3 is 0 Å². The molecule has 8 nitrogen and oxygen atoms in total. The summed E-state index contributed by atoms with van der Waals surface area (Å²) in [4.78, 5) is 17.9. The number of nitrogens with zero attached hydrogens (tertiary/aromatic N) is 3. The van der Waals surface area contributed by atoms with Gasteiger partial charge in [0.2, 0.25) is 10.0 Å². The van der Waals surface area contributed by atoms with Gasteiger partial charge in [-0.1, -0.05) is 42.5 Å². The van der Waals surface area contributed by atoms with Gasteiger partial charge in [-0.2, -0.15) is 5.10 Å². The Hall–Kier alpha value is -3.56. The summed E-state index contributed by atoms with van der Waals surface area (Å²) in [6.07, 6.45) is 0.544. The van der Waals surface area contributed by atoms with Gasteiger partial charge in [0.25, 0.3) is 5.91 Å². The van der Waals surface area contributed by atoms with Gasteiger partial charge in [-0.15, -0.1) is 0 Å². The average Bonchev–Trinajstić information content (AvgIpc) is 3.07. The summed E-state index contributed by atoms with van der Waals surface area (Å²) in [5.74, 6) is -0.216. The second-order valence-corrected chi connectivity index (χ2v) is 9.08. The first-order chi connectivity index (χ1) is 15.2. The molecule has 0 radical (unpaired) electrons. The number of nitrogens with two attached hydrogens (primary N) is 1. The molecule has 0 aliphatic carbocycles. The number of benzene rings is 2. The number of hydrogen-bond donors (Lipinski definition) is 2. The molecule has 32 heavy (non-hydrogen) atoms. The number of carbonyl (C=O) groups is 1. The zero-order valence-electron chi connectivity index (χ0n) is 17.7. The number of primary sulfonamides is 1. The van der Waals surface area contributed by atoms with Crippen molar-refractivity contribution in [1.82, 2.24) is 20.1 Å². The maximum atomic E-state index is 13.1. The topological polar surface area (TPSA) is 120 Å². The van der Waals surface area contributed by atoms with E-state index in [4.69, 9.17) is 10.1 Å². The molecule has 3 N–H and O–H groups in total. The third-order valence-corrected chi connectivity index (χ3v) is 6.16. The maximum Gasteiger partial charge on any atom is 0.252 e. The Morgan fingerprint density at radius 2 is 1.78 bits per heavy atom. The van der Waals surface area contributed by atoms with Gasteiger partial charge in [-0.3, -0.25) is 9.48 Å². The molecule has 0 fully saturated rings. The van der Waals surface area contributed by atoms with Gasteiger partial charge in [0.05, 0.1) is 27.2 Å². The number of carbonyl (C=O) groups excluding carboxylic acids is 1. The van der Waals surface area contributed by atoms with Crippen LogP contribution in [0.4, 0.5) is 0 Å². The molecule has 2 heterocycles. The van der Waals surface area contributed by atoms with Crippen molar-refractivity contribution < 1.29 is 13.2 Å². The fourth-order valence-corrected chi connectivity index (χ4v) is 4.16.